The first-order valence-corrected chi connectivity index (χ1v) is 4.08. The highest BCUT2D eigenvalue weighted by Crippen LogP contribution is 2.15. The second-order valence-electron chi connectivity index (χ2n) is 3.13. The highest BCUT2D eigenvalue weighted by Gasteiger charge is 2.27. The van der Waals surface area contributed by atoms with Crippen LogP contribution in [0.3, 0.4) is 0 Å². The summed E-state index contributed by atoms with van der Waals surface area (Å²) < 4.78 is 0. The Morgan fingerprint density at radius 1 is 1.64 bits per heavy atom. The zero-order valence-electron chi connectivity index (χ0n) is 7.06. The van der Waals surface area contributed by atoms with Gasteiger partial charge in [0.15, 0.2) is 5.70 Å². The predicted molar refractivity (Wildman–Crippen MR) is 47.5 cm³/mol. The number of aromatic amines is 1. The Kier molecular flexibility index (Phi) is 1.16. The van der Waals surface area contributed by atoms with Crippen molar-refractivity contribution in [2.75, 3.05) is 6.54 Å². The highest BCUT2D eigenvalue weighted by molar-refractivity contribution is 6.11. The van der Waals surface area contributed by atoms with Crippen molar-refractivity contribution in [3.63, 3.8) is 0 Å². The average molecular weight is 190 g/mol. The van der Waals surface area contributed by atoms with E-state index in [1.807, 2.05) is 0 Å². The Hall–Kier alpha value is -2.11. The fourth-order valence-corrected chi connectivity index (χ4v) is 1.73. The van der Waals surface area contributed by atoms with Crippen molar-refractivity contribution in [1.82, 2.24) is 15.1 Å². The average Bonchev–Trinajstić information content (AvgIpc) is 2.73. The van der Waals surface area contributed by atoms with Gasteiger partial charge >= 0.3 is 5.97 Å². The highest BCUT2D eigenvalue weighted by atomic mass is 16.4. The van der Waals surface area contributed by atoms with Gasteiger partial charge in [-0.2, -0.15) is 5.10 Å². The van der Waals surface area contributed by atoms with Gasteiger partial charge in [-0.05, 0) is 0 Å². The van der Waals surface area contributed by atoms with Gasteiger partial charge in [-0.15, -0.1) is 0 Å². The SMILES string of the molecule is O=C(O)C1=c2[nH]ncc2=C2CN1C=N2. The van der Waals surface area contributed by atoms with Gasteiger partial charge in [-0.3, -0.25) is 5.10 Å². The van der Waals surface area contributed by atoms with Crippen LogP contribution in [0.5, 0.6) is 0 Å². The normalized spacial score (nSPS) is 17.6. The molecule has 1 aromatic heterocycles. The minimum absolute atomic E-state index is 0.211. The summed E-state index contributed by atoms with van der Waals surface area (Å²) in [6.07, 6.45) is 3.14. The lowest BCUT2D eigenvalue weighted by atomic mass is 10.2. The zero-order valence-corrected chi connectivity index (χ0v) is 7.06. The summed E-state index contributed by atoms with van der Waals surface area (Å²) in [5.74, 6) is -0.970. The van der Waals surface area contributed by atoms with Crippen LogP contribution in [-0.4, -0.2) is 39.1 Å². The van der Waals surface area contributed by atoms with Crippen LogP contribution in [0.15, 0.2) is 11.2 Å². The maximum absolute atomic E-state index is 11.0. The topological polar surface area (TPSA) is 81.6 Å². The molecule has 14 heavy (non-hydrogen) atoms. The van der Waals surface area contributed by atoms with Gasteiger partial charge < -0.3 is 10.0 Å². The van der Waals surface area contributed by atoms with Gasteiger partial charge in [0, 0.05) is 5.22 Å². The third-order valence-corrected chi connectivity index (χ3v) is 2.35. The van der Waals surface area contributed by atoms with E-state index in [9.17, 15) is 4.79 Å². The van der Waals surface area contributed by atoms with Gasteiger partial charge in [0.05, 0.1) is 30.1 Å². The van der Waals surface area contributed by atoms with Gasteiger partial charge in [-0.1, -0.05) is 0 Å². The number of carboxylic acid groups (broad SMARTS) is 1. The Bertz CT molecular complexity index is 568. The fourth-order valence-electron chi connectivity index (χ4n) is 1.73. The van der Waals surface area contributed by atoms with Gasteiger partial charge in [-0.25, -0.2) is 9.79 Å². The van der Waals surface area contributed by atoms with Crippen LogP contribution in [0.4, 0.5) is 0 Å². The Morgan fingerprint density at radius 2 is 2.50 bits per heavy atom. The molecule has 0 saturated carbocycles. The summed E-state index contributed by atoms with van der Waals surface area (Å²) in [4.78, 5) is 16.7. The number of aliphatic carboxylic acids is 1. The lowest BCUT2D eigenvalue weighted by molar-refractivity contribution is -0.131. The molecule has 0 atom stereocenters. The number of rotatable bonds is 1. The van der Waals surface area contributed by atoms with Crippen LogP contribution in [0.1, 0.15) is 0 Å². The van der Waals surface area contributed by atoms with Crippen LogP contribution in [-0.2, 0) is 4.79 Å². The molecule has 2 N–H and O–H groups in total. The third kappa shape index (κ3) is 0.723. The quantitative estimate of drug-likeness (QED) is 0.540. The van der Waals surface area contributed by atoms with E-state index in [1.165, 1.54) is 6.34 Å². The van der Waals surface area contributed by atoms with Crippen molar-refractivity contribution >= 4 is 23.7 Å². The second-order valence-corrected chi connectivity index (χ2v) is 3.13. The summed E-state index contributed by atoms with van der Waals surface area (Å²) in [5, 5.41) is 16.9. The number of fused-ring (bicyclic) bond motifs is 3. The van der Waals surface area contributed by atoms with E-state index in [4.69, 9.17) is 5.11 Å². The Balaban J connectivity index is 2.52. The van der Waals surface area contributed by atoms with Crippen molar-refractivity contribution in [2.24, 2.45) is 4.99 Å². The molecule has 0 spiro atoms. The third-order valence-electron chi connectivity index (χ3n) is 2.35. The van der Waals surface area contributed by atoms with Crippen LogP contribution in [0.2, 0.25) is 0 Å². The lowest BCUT2D eigenvalue weighted by Gasteiger charge is -2.15. The Morgan fingerprint density at radius 3 is 3.29 bits per heavy atom. The monoisotopic (exact) mass is 190 g/mol. The largest absolute Gasteiger partial charge is 0.477 e. The van der Waals surface area contributed by atoms with E-state index in [2.05, 4.69) is 15.2 Å². The number of nitrogens with zero attached hydrogens (tertiary/aromatic N) is 3. The van der Waals surface area contributed by atoms with Crippen LogP contribution in [0, 0.1) is 0 Å². The number of carbonyl (C=O) groups is 1. The number of hydrogen-bond acceptors (Lipinski definition) is 4. The Labute approximate surface area is 77.9 Å². The molecule has 0 amide bonds. The van der Waals surface area contributed by atoms with Crippen molar-refractivity contribution < 1.29 is 9.90 Å². The van der Waals surface area contributed by atoms with E-state index in [0.717, 1.165) is 10.9 Å². The minimum atomic E-state index is -0.970. The number of carboxylic acids is 1. The molecule has 3 heterocycles. The number of nitrogens with one attached hydrogen (secondary N) is 1. The molecular formula is C8H6N4O2. The smallest absolute Gasteiger partial charge is 0.354 e. The van der Waals surface area contributed by atoms with E-state index in [0.29, 0.717) is 11.9 Å². The lowest BCUT2D eigenvalue weighted by Crippen LogP contribution is -2.41. The molecular weight excluding hydrogens is 184 g/mol. The molecule has 2 aliphatic rings. The second kappa shape index (κ2) is 2.22. The standard InChI is InChI=1S/C8H6N4O2/c13-8(14)7-6-4(1-10-11-6)5-2-12(7)3-9-5/h1,3,11H,2H2,(H,13,14). The molecule has 70 valence electrons. The predicted octanol–water partition coefficient (Wildman–Crippen LogP) is -1.93. The van der Waals surface area contributed by atoms with Crippen molar-refractivity contribution in [2.45, 2.75) is 0 Å². The summed E-state index contributed by atoms with van der Waals surface area (Å²) in [6, 6.07) is 0. The molecule has 0 aliphatic carbocycles. The number of hydrogen-bond donors (Lipinski definition) is 2. The summed E-state index contributed by atoms with van der Waals surface area (Å²) >= 11 is 0. The van der Waals surface area contributed by atoms with Crippen LogP contribution < -0.4 is 10.6 Å². The maximum Gasteiger partial charge on any atom is 0.354 e. The van der Waals surface area contributed by atoms with E-state index in [1.54, 1.807) is 11.1 Å². The van der Waals surface area contributed by atoms with Crippen molar-refractivity contribution in [3.05, 3.63) is 16.8 Å². The first kappa shape index (κ1) is 7.31. The minimum Gasteiger partial charge on any atom is -0.477 e. The van der Waals surface area contributed by atoms with Crippen LogP contribution >= 0.6 is 0 Å². The molecule has 0 radical (unpaired) electrons. The molecule has 0 unspecified atom stereocenters. The number of H-pyrrole nitrogens is 1. The van der Waals surface area contributed by atoms with E-state index < -0.39 is 5.97 Å². The molecule has 6 nitrogen and oxygen atoms in total. The maximum atomic E-state index is 11.0. The summed E-state index contributed by atoms with van der Waals surface area (Å²) in [6.45, 7) is 0.522. The molecule has 0 aromatic carbocycles. The zero-order chi connectivity index (χ0) is 9.71. The summed E-state index contributed by atoms with van der Waals surface area (Å²) in [7, 11) is 0. The van der Waals surface area contributed by atoms with Crippen molar-refractivity contribution in [3.8, 4) is 0 Å². The first-order valence-electron chi connectivity index (χ1n) is 4.08. The number of aliphatic imine (C=N–C) groups is 1. The molecule has 2 bridgehead atoms. The van der Waals surface area contributed by atoms with Crippen molar-refractivity contribution in [1.29, 1.82) is 0 Å². The molecule has 6 heteroatoms. The van der Waals surface area contributed by atoms with Crippen LogP contribution in [0.25, 0.3) is 11.4 Å². The van der Waals surface area contributed by atoms with E-state index in [-0.39, 0.29) is 5.70 Å². The van der Waals surface area contributed by atoms with Gasteiger partial charge in [0.1, 0.15) is 0 Å². The molecule has 0 saturated heterocycles. The molecule has 0 fully saturated rings. The molecule has 1 aromatic rings. The first-order chi connectivity index (χ1) is 6.77. The summed E-state index contributed by atoms with van der Waals surface area (Å²) in [5.41, 5.74) is 1.07. The van der Waals surface area contributed by atoms with Gasteiger partial charge in [0.2, 0.25) is 0 Å². The fraction of sp³-hybridized carbons (Fsp3) is 0.125. The number of aromatic nitrogens is 2. The van der Waals surface area contributed by atoms with Gasteiger partial charge in [0.25, 0.3) is 0 Å². The molecule has 2 aliphatic heterocycles. The molecule has 3 rings (SSSR count). The van der Waals surface area contributed by atoms with E-state index >= 15 is 0 Å².